The van der Waals surface area contributed by atoms with Gasteiger partial charge in [-0.05, 0) is 62.7 Å². The van der Waals surface area contributed by atoms with Crippen molar-refractivity contribution < 1.29 is 4.79 Å². The maximum atomic E-state index is 12.6. The summed E-state index contributed by atoms with van der Waals surface area (Å²) in [4.78, 5) is 17.3. The largest absolute Gasteiger partial charge is 0.351 e. The van der Waals surface area contributed by atoms with Crippen LogP contribution in [0.1, 0.15) is 49.2 Å². The molecule has 0 spiro atoms. The summed E-state index contributed by atoms with van der Waals surface area (Å²) in [7, 11) is 0. The number of carbonyl (C=O) groups excluding carboxylic acids is 1. The molecule has 2 aromatic carbocycles. The SMILES string of the molecule is CC(C)(C)NC(=NC1CC(c2cccc(Cl)c2)NN1)NC(=O)c1ccc(Cl)cc1. The van der Waals surface area contributed by atoms with Crippen molar-refractivity contribution in [3.8, 4) is 0 Å². The molecule has 1 fully saturated rings. The standard InChI is InChI=1S/C21H25Cl2N5O/c1-21(2,3)26-20(25-19(29)13-7-9-15(22)10-8-13)24-18-12-17(27-28-18)14-5-4-6-16(23)11-14/h4-11,17-18,27-28H,12H2,1-3H3,(H2,24,25,26,29). The number of nitrogens with one attached hydrogen (secondary N) is 4. The fourth-order valence-corrected chi connectivity index (χ4v) is 3.28. The van der Waals surface area contributed by atoms with Crippen molar-refractivity contribution in [2.45, 2.75) is 44.9 Å². The van der Waals surface area contributed by atoms with Gasteiger partial charge in [0, 0.05) is 33.6 Å². The first-order valence-corrected chi connectivity index (χ1v) is 10.1. The number of aliphatic imine (C=N–C) groups is 1. The van der Waals surface area contributed by atoms with Gasteiger partial charge in [-0.1, -0.05) is 35.3 Å². The summed E-state index contributed by atoms with van der Waals surface area (Å²) >= 11 is 12.0. The fourth-order valence-electron chi connectivity index (χ4n) is 2.95. The normalized spacial score (nSPS) is 19.8. The third kappa shape index (κ3) is 6.44. The Morgan fingerprint density at radius 1 is 1.07 bits per heavy atom. The van der Waals surface area contributed by atoms with Crippen molar-refractivity contribution in [2.75, 3.05) is 0 Å². The molecule has 0 bridgehead atoms. The predicted octanol–water partition coefficient (Wildman–Crippen LogP) is 4.03. The van der Waals surface area contributed by atoms with Crippen LogP contribution in [0.5, 0.6) is 0 Å². The summed E-state index contributed by atoms with van der Waals surface area (Å²) in [6, 6.07) is 14.5. The molecule has 154 valence electrons. The number of carbonyl (C=O) groups is 1. The molecule has 0 radical (unpaired) electrons. The highest BCUT2D eigenvalue weighted by molar-refractivity contribution is 6.31. The number of amides is 1. The highest BCUT2D eigenvalue weighted by atomic mass is 35.5. The van der Waals surface area contributed by atoms with E-state index in [4.69, 9.17) is 23.2 Å². The second-order valence-electron chi connectivity index (χ2n) is 7.96. The van der Waals surface area contributed by atoms with Gasteiger partial charge >= 0.3 is 0 Å². The minimum Gasteiger partial charge on any atom is -0.351 e. The number of hydrogen-bond donors (Lipinski definition) is 4. The van der Waals surface area contributed by atoms with Crippen LogP contribution < -0.4 is 21.5 Å². The van der Waals surface area contributed by atoms with Gasteiger partial charge in [0.25, 0.3) is 5.91 Å². The van der Waals surface area contributed by atoms with Gasteiger partial charge in [-0.15, -0.1) is 0 Å². The highest BCUT2D eigenvalue weighted by Crippen LogP contribution is 2.24. The molecule has 1 heterocycles. The van der Waals surface area contributed by atoms with Gasteiger partial charge in [-0.25, -0.2) is 15.8 Å². The lowest BCUT2D eigenvalue weighted by Crippen LogP contribution is -2.50. The van der Waals surface area contributed by atoms with Crippen LogP contribution in [0.2, 0.25) is 10.0 Å². The van der Waals surface area contributed by atoms with Crippen LogP contribution in [-0.2, 0) is 0 Å². The van der Waals surface area contributed by atoms with E-state index in [0.29, 0.717) is 28.0 Å². The smallest absolute Gasteiger partial charge is 0.257 e. The molecular formula is C21H25Cl2N5O. The Balaban J connectivity index is 1.73. The Bertz CT molecular complexity index is 893. The lowest BCUT2D eigenvalue weighted by Gasteiger charge is -2.24. The first kappa shape index (κ1) is 21.6. The number of hydrazine groups is 1. The molecule has 0 aliphatic carbocycles. The van der Waals surface area contributed by atoms with Crippen LogP contribution in [0.15, 0.2) is 53.5 Å². The molecule has 6 nitrogen and oxygen atoms in total. The zero-order chi connectivity index (χ0) is 21.0. The number of benzene rings is 2. The van der Waals surface area contributed by atoms with Crippen molar-refractivity contribution in [1.82, 2.24) is 21.5 Å². The summed E-state index contributed by atoms with van der Waals surface area (Å²) in [5.41, 5.74) is 7.73. The number of nitrogens with zero attached hydrogens (tertiary/aromatic N) is 1. The lowest BCUT2D eigenvalue weighted by atomic mass is 10.0. The minimum absolute atomic E-state index is 0.0744. The fraction of sp³-hybridized carbons (Fsp3) is 0.333. The topological polar surface area (TPSA) is 77.6 Å². The van der Waals surface area contributed by atoms with E-state index in [9.17, 15) is 4.79 Å². The van der Waals surface area contributed by atoms with Crippen molar-refractivity contribution in [3.63, 3.8) is 0 Å². The summed E-state index contributed by atoms with van der Waals surface area (Å²) in [6.45, 7) is 6.02. The number of rotatable bonds is 3. The molecule has 29 heavy (non-hydrogen) atoms. The van der Waals surface area contributed by atoms with Gasteiger partial charge < -0.3 is 5.32 Å². The van der Waals surface area contributed by atoms with Crippen LogP contribution in [0.4, 0.5) is 0 Å². The first-order valence-electron chi connectivity index (χ1n) is 9.39. The minimum atomic E-state index is -0.273. The van der Waals surface area contributed by atoms with E-state index in [1.54, 1.807) is 24.3 Å². The molecule has 1 amide bonds. The molecule has 1 aliphatic heterocycles. The Morgan fingerprint density at radius 2 is 1.79 bits per heavy atom. The third-order valence-electron chi connectivity index (χ3n) is 4.25. The van der Waals surface area contributed by atoms with E-state index in [0.717, 1.165) is 5.56 Å². The molecule has 0 saturated carbocycles. The zero-order valence-electron chi connectivity index (χ0n) is 16.6. The summed E-state index contributed by atoms with van der Waals surface area (Å²) < 4.78 is 0. The van der Waals surface area contributed by atoms with Crippen LogP contribution >= 0.6 is 23.2 Å². The molecule has 1 saturated heterocycles. The van der Waals surface area contributed by atoms with Crippen molar-refractivity contribution in [2.24, 2.45) is 4.99 Å². The molecule has 8 heteroatoms. The van der Waals surface area contributed by atoms with E-state index in [2.05, 4.69) is 26.5 Å². The summed E-state index contributed by atoms with van der Waals surface area (Å²) in [5, 5.41) is 7.41. The van der Waals surface area contributed by atoms with E-state index in [-0.39, 0.29) is 23.7 Å². The van der Waals surface area contributed by atoms with Crippen LogP contribution in [0.3, 0.4) is 0 Å². The Hall–Kier alpha value is -2.12. The lowest BCUT2D eigenvalue weighted by molar-refractivity contribution is 0.0975. The molecule has 2 aromatic rings. The molecule has 2 atom stereocenters. The van der Waals surface area contributed by atoms with Gasteiger partial charge in [-0.3, -0.25) is 10.1 Å². The van der Waals surface area contributed by atoms with Crippen molar-refractivity contribution in [3.05, 3.63) is 69.7 Å². The summed E-state index contributed by atoms with van der Waals surface area (Å²) in [6.07, 6.45) is 0.501. The van der Waals surface area contributed by atoms with Gasteiger partial charge in [0.15, 0.2) is 5.96 Å². The van der Waals surface area contributed by atoms with Gasteiger partial charge in [0.05, 0.1) is 0 Å². The van der Waals surface area contributed by atoms with E-state index in [1.807, 2.05) is 45.0 Å². The van der Waals surface area contributed by atoms with E-state index in [1.165, 1.54) is 0 Å². The maximum Gasteiger partial charge on any atom is 0.257 e. The molecule has 4 N–H and O–H groups in total. The van der Waals surface area contributed by atoms with Crippen molar-refractivity contribution in [1.29, 1.82) is 0 Å². The average Bonchev–Trinajstić information content (AvgIpc) is 3.09. The summed E-state index contributed by atoms with van der Waals surface area (Å²) in [5.74, 6) is 0.151. The predicted molar refractivity (Wildman–Crippen MR) is 118 cm³/mol. The molecule has 1 aliphatic rings. The van der Waals surface area contributed by atoms with E-state index < -0.39 is 0 Å². The Morgan fingerprint density at radius 3 is 2.45 bits per heavy atom. The van der Waals surface area contributed by atoms with E-state index >= 15 is 0 Å². The van der Waals surface area contributed by atoms with Crippen LogP contribution in [0, 0.1) is 0 Å². The average molecular weight is 434 g/mol. The maximum absolute atomic E-state index is 12.6. The van der Waals surface area contributed by atoms with Crippen LogP contribution in [-0.4, -0.2) is 23.6 Å². The molecule has 3 rings (SSSR count). The Labute approximate surface area is 181 Å². The quantitative estimate of drug-likeness (QED) is 0.435. The second kappa shape index (κ2) is 9.13. The van der Waals surface area contributed by atoms with Gasteiger partial charge in [0.2, 0.25) is 0 Å². The van der Waals surface area contributed by atoms with Crippen LogP contribution in [0.25, 0.3) is 0 Å². The number of hydrogen-bond acceptors (Lipinski definition) is 4. The second-order valence-corrected chi connectivity index (χ2v) is 8.83. The van der Waals surface area contributed by atoms with Gasteiger partial charge in [0.1, 0.15) is 6.17 Å². The number of guanidine groups is 1. The highest BCUT2D eigenvalue weighted by Gasteiger charge is 2.26. The monoisotopic (exact) mass is 433 g/mol. The molecule has 0 aromatic heterocycles. The first-order chi connectivity index (χ1) is 13.7. The zero-order valence-corrected chi connectivity index (χ0v) is 18.1. The molecular weight excluding hydrogens is 409 g/mol. The van der Waals surface area contributed by atoms with Crippen molar-refractivity contribution >= 4 is 35.1 Å². The third-order valence-corrected chi connectivity index (χ3v) is 4.74. The van der Waals surface area contributed by atoms with Gasteiger partial charge in [-0.2, -0.15) is 0 Å². The number of halogens is 2. The Kier molecular flexibility index (Phi) is 6.80. The molecule has 2 unspecified atom stereocenters.